The highest BCUT2D eigenvalue weighted by Gasteiger charge is 2.33. The van der Waals surface area contributed by atoms with Gasteiger partial charge in [-0.15, -0.1) is 0 Å². The van der Waals surface area contributed by atoms with Crippen molar-refractivity contribution in [1.29, 1.82) is 0 Å². The van der Waals surface area contributed by atoms with Crippen LogP contribution in [0.25, 0.3) is 11.0 Å². The third-order valence-corrected chi connectivity index (χ3v) is 6.04. The van der Waals surface area contributed by atoms with Crippen molar-refractivity contribution in [3.8, 4) is 0 Å². The molecule has 0 spiro atoms. The summed E-state index contributed by atoms with van der Waals surface area (Å²) < 4.78 is 1.10. The van der Waals surface area contributed by atoms with Crippen molar-refractivity contribution in [2.45, 2.75) is 38.6 Å². The third-order valence-electron chi connectivity index (χ3n) is 5.55. The van der Waals surface area contributed by atoms with Crippen LogP contribution in [0.4, 0.5) is 0 Å². The highest BCUT2D eigenvalue weighted by atomic mass is 79.9. The molecule has 2 aromatic carbocycles. The van der Waals surface area contributed by atoms with E-state index in [9.17, 15) is 4.79 Å². The van der Waals surface area contributed by atoms with E-state index in [1.54, 1.807) is 6.33 Å². The number of nitrogens with one attached hydrogen (secondary N) is 1. The number of hydrogen-bond acceptors (Lipinski definition) is 2. The molecule has 2 atom stereocenters. The second kappa shape index (κ2) is 6.88. The third kappa shape index (κ3) is 3.05. The van der Waals surface area contributed by atoms with Crippen LogP contribution in [0.2, 0.25) is 0 Å². The minimum Gasteiger partial charge on any atom is -0.345 e. The standard InChI is InChI=1S/C21H22BrN3O/c1-13-10-16(22)6-7-17(13)18-4-3-9-25(14(18)2)21(26)15-5-8-19-20(11-15)24-12-23-19/h5-8,10-12,14,18H,3-4,9H2,1-2H3,(H,23,24). The molecule has 2 unspecified atom stereocenters. The van der Waals surface area contributed by atoms with Gasteiger partial charge < -0.3 is 9.88 Å². The number of carbonyl (C=O) groups excluding carboxylic acids is 1. The maximum Gasteiger partial charge on any atom is 0.254 e. The number of rotatable bonds is 2. The first-order chi connectivity index (χ1) is 12.5. The van der Waals surface area contributed by atoms with Crippen LogP contribution in [-0.4, -0.2) is 33.4 Å². The van der Waals surface area contributed by atoms with Crippen molar-refractivity contribution < 1.29 is 4.79 Å². The lowest BCUT2D eigenvalue weighted by Gasteiger charge is -2.40. The number of hydrogen-bond donors (Lipinski definition) is 1. The number of carbonyl (C=O) groups is 1. The lowest BCUT2D eigenvalue weighted by Crippen LogP contribution is -2.46. The number of fused-ring (bicyclic) bond motifs is 1. The molecule has 1 N–H and O–H groups in total. The number of imidazole rings is 1. The quantitative estimate of drug-likeness (QED) is 0.641. The average Bonchev–Trinajstić information content (AvgIpc) is 3.09. The minimum atomic E-state index is 0.105. The van der Waals surface area contributed by atoms with Crippen LogP contribution in [-0.2, 0) is 0 Å². The zero-order valence-electron chi connectivity index (χ0n) is 15.0. The predicted octanol–water partition coefficient (Wildman–Crippen LogP) is 5.04. The van der Waals surface area contributed by atoms with Crippen molar-refractivity contribution in [2.75, 3.05) is 6.54 Å². The Hall–Kier alpha value is -2.14. The molecule has 0 bridgehead atoms. The lowest BCUT2D eigenvalue weighted by atomic mass is 9.82. The zero-order valence-corrected chi connectivity index (χ0v) is 16.6. The molecular formula is C21H22BrN3O. The van der Waals surface area contributed by atoms with Crippen LogP contribution in [0.3, 0.4) is 0 Å². The van der Waals surface area contributed by atoms with Gasteiger partial charge in [0, 0.05) is 28.5 Å². The van der Waals surface area contributed by atoms with E-state index < -0.39 is 0 Å². The fraction of sp³-hybridized carbons (Fsp3) is 0.333. The van der Waals surface area contributed by atoms with E-state index in [4.69, 9.17) is 0 Å². The number of H-pyrrole nitrogens is 1. The molecule has 1 amide bonds. The van der Waals surface area contributed by atoms with Crippen LogP contribution < -0.4 is 0 Å². The Kier molecular flexibility index (Phi) is 4.57. The fourth-order valence-corrected chi connectivity index (χ4v) is 4.61. The van der Waals surface area contributed by atoms with Crippen LogP contribution in [0.15, 0.2) is 47.2 Å². The van der Waals surface area contributed by atoms with Gasteiger partial charge in [-0.25, -0.2) is 4.98 Å². The molecule has 26 heavy (non-hydrogen) atoms. The predicted molar refractivity (Wildman–Crippen MR) is 107 cm³/mol. The van der Waals surface area contributed by atoms with Gasteiger partial charge in [-0.3, -0.25) is 4.79 Å². The number of benzene rings is 2. The summed E-state index contributed by atoms with van der Waals surface area (Å²) in [5.74, 6) is 0.477. The molecule has 4 nitrogen and oxygen atoms in total. The van der Waals surface area contributed by atoms with E-state index in [0.717, 1.165) is 40.5 Å². The summed E-state index contributed by atoms with van der Waals surface area (Å²) in [5.41, 5.74) is 5.14. The van der Waals surface area contributed by atoms with Gasteiger partial charge in [-0.05, 0) is 68.1 Å². The normalized spacial score (nSPS) is 20.5. The maximum atomic E-state index is 13.2. The molecule has 1 aliphatic heterocycles. The Balaban J connectivity index is 1.62. The number of piperidine rings is 1. The smallest absolute Gasteiger partial charge is 0.254 e. The summed E-state index contributed by atoms with van der Waals surface area (Å²) in [6.07, 6.45) is 3.81. The van der Waals surface area contributed by atoms with Crippen molar-refractivity contribution in [3.63, 3.8) is 0 Å². The Morgan fingerprint density at radius 1 is 1.27 bits per heavy atom. The zero-order chi connectivity index (χ0) is 18.3. The largest absolute Gasteiger partial charge is 0.345 e. The highest BCUT2D eigenvalue weighted by Crippen LogP contribution is 2.35. The van der Waals surface area contributed by atoms with Crippen LogP contribution >= 0.6 is 15.9 Å². The monoisotopic (exact) mass is 411 g/mol. The number of nitrogens with zero attached hydrogens (tertiary/aromatic N) is 2. The summed E-state index contributed by atoms with van der Waals surface area (Å²) in [5, 5.41) is 0. The van der Waals surface area contributed by atoms with E-state index in [-0.39, 0.29) is 11.9 Å². The van der Waals surface area contributed by atoms with Crippen molar-refractivity contribution in [1.82, 2.24) is 14.9 Å². The van der Waals surface area contributed by atoms with Gasteiger partial charge in [0.25, 0.3) is 5.91 Å². The van der Waals surface area contributed by atoms with Gasteiger partial charge >= 0.3 is 0 Å². The molecule has 5 heteroatoms. The number of likely N-dealkylation sites (tertiary alicyclic amines) is 1. The number of aromatic nitrogens is 2. The average molecular weight is 412 g/mol. The van der Waals surface area contributed by atoms with Crippen molar-refractivity contribution in [3.05, 3.63) is 63.9 Å². The maximum absolute atomic E-state index is 13.2. The molecule has 1 aromatic heterocycles. The number of amides is 1. The number of aryl methyl sites for hydroxylation is 1. The molecule has 134 valence electrons. The molecule has 2 heterocycles. The first-order valence-corrected chi connectivity index (χ1v) is 9.84. The Bertz CT molecular complexity index is 965. The summed E-state index contributed by atoms with van der Waals surface area (Å²) >= 11 is 3.54. The molecule has 1 aliphatic rings. The van der Waals surface area contributed by atoms with Gasteiger partial charge in [0.1, 0.15) is 0 Å². The van der Waals surface area contributed by atoms with Crippen molar-refractivity contribution in [2.24, 2.45) is 0 Å². The summed E-state index contributed by atoms with van der Waals surface area (Å²) in [6.45, 7) is 5.14. The van der Waals surface area contributed by atoms with Crippen LogP contribution in [0.5, 0.6) is 0 Å². The SMILES string of the molecule is Cc1cc(Br)ccc1C1CCCN(C(=O)c2ccc3nc[nH]c3c2)C1C. The molecule has 1 saturated heterocycles. The van der Waals surface area contributed by atoms with Gasteiger partial charge in [0.15, 0.2) is 0 Å². The van der Waals surface area contributed by atoms with E-state index in [2.05, 4.69) is 57.9 Å². The van der Waals surface area contributed by atoms with E-state index >= 15 is 0 Å². The van der Waals surface area contributed by atoms with Gasteiger partial charge in [0.05, 0.1) is 17.4 Å². The van der Waals surface area contributed by atoms with Crippen LogP contribution in [0, 0.1) is 6.92 Å². The highest BCUT2D eigenvalue weighted by molar-refractivity contribution is 9.10. The van der Waals surface area contributed by atoms with Crippen LogP contribution in [0.1, 0.15) is 47.2 Å². The summed E-state index contributed by atoms with van der Waals surface area (Å²) in [7, 11) is 0. The van der Waals surface area contributed by atoms with E-state index in [0.29, 0.717) is 5.92 Å². The summed E-state index contributed by atoms with van der Waals surface area (Å²) in [6, 6.07) is 12.3. The molecule has 0 aliphatic carbocycles. The number of aromatic amines is 1. The molecule has 1 fully saturated rings. The Morgan fingerprint density at radius 3 is 2.92 bits per heavy atom. The Labute approximate surface area is 161 Å². The second-order valence-corrected chi connectivity index (χ2v) is 8.04. The minimum absolute atomic E-state index is 0.105. The van der Waals surface area contributed by atoms with Gasteiger partial charge in [-0.2, -0.15) is 0 Å². The molecule has 0 saturated carbocycles. The van der Waals surface area contributed by atoms with Gasteiger partial charge in [-0.1, -0.05) is 22.0 Å². The molecular weight excluding hydrogens is 390 g/mol. The van der Waals surface area contributed by atoms with Crippen molar-refractivity contribution >= 4 is 32.9 Å². The second-order valence-electron chi connectivity index (χ2n) is 7.12. The Morgan fingerprint density at radius 2 is 2.12 bits per heavy atom. The number of halogens is 1. The fourth-order valence-electron chi connectivity index (χ4n) is 4.14. The van der Waals surface area contributed by atoms with E-state index in [1.165, 1.54) is 11.1 Å². The topological polar surface area (TPSA) is 49.0 Å². The first kappa shape index (κ1) is 17.3. The van der Waals surface area contributed by atoms with E-state index in [1.807, 2.05) is 23.1 Å². The first-order valence-electron chi connectivity index (χ1n) is 9.05. The molecule has 4 rings (SSSR count). The lowest BCUT2D eigenvalue weighted by molar-refractivity contribution is 0.0601. The molecule has 3 aromatic rings. The summed E-state index contributed by atoms with van der Waals surface area (Å²) in [4.78, 5) is 22.5. The van der Waals surface area contributed by atoms with Gasteiger partial charge in [0.2, 0.25) is 0 Å². The molecule has 0 radical (unpaired) electrons.